The molecule has 8 nitrogen and oxygen atoms in total. The Bertz CT molecular complexity index is 996. The minimum absolute atomic E-state index is 0.0448. The first kappa shape index (κ1) is 17.4. The summed E-state index contributed by atoms with van der Waals surface area (Å²) in [6.07, 6.45) is -1.25. The van der Waals surface area contributed by atoms with Crippen LogP contribution >= 0.6 is 0 Å². The van der Waals surface area contributed by atoms with E-state index in [0.717, 1.165) is 11.1 Å². The predicted octanol–water partition coefficient (Wildman–Crippen LogP) is 4.40. The molecule has 1 amide bonds. The van der Waals surface area contributed by atoms with E-state index in [0.29, 0.717) is 22.5 Å². The monoisotopic (exact) mass is 354 g/mol. The van der Waals surface area contributed by atoms with Gasteiger partial charge in [-0.15, -0.1) is 0 Å². The summed E-state index contributed by atoms with van der Waals surface area (Å²) >= 11 is 0. The molecule has 1 atom stereocenters. The summed E-state index contributed by atoms with van der Waals surface area (Å²) in [7, 11) is 0. The molecule has 0 spiro atoms. The number of imidazole rings is 1. The summed E-state index contributed by atoms with van der Waals surface area (Å²) in [6.45, 7) is 5.62. The lowest BCUT2D eigenvalue weighted by Gasteiger charge is -2.12. The number of benzene rings is 2. The number of nitrogens with one attached hydrogen (secondary N) is 2. The van der Waals surface area contributed by atoms with E-state index in [1.165, 1.54) is 12.1 Å². The Labute approximate surface area is 149 Å². The number of carbonyl (C=O) groups is 1. The first-order chi connectivity index (χ1) is 12.3. The Kier molecular flexibility index (Phi) is 4.57. The van der Waals surface area contributed by atoms with Gasteiger partial charge in [0.25, 0.3) is 5.69 Å². The minimum Gasteiger partial charge on any atom is -0.438 e. The summed E-state index contributed by atoms with van der Waals surface area (Å²) < 4.78 is 5.34. The molecule has 2 N–H and O–H groups in total. The van der Waals surface area contributed by atoms with Crippen molar-refractivity contribution in [2.24, 2.45) is 0 Å². The summed E-state index contributed by atoms with van der Waals surface area (Å²) in [5, 5.41) is 13.5. The quantitative estimate of drug-likeness (QED) is 0.533. The molecule has 1 aromatic heterocycles. The number of hydrogen-bond donors (Lipinski definition) is 2. The summed E-state index contributed by atoms with van der Waals surface area (Å²) in [5.74, 6) is 0.413. The lowest BCUT2D eigenvalue weighted by Crippen LogP contribution is -2.16. The predicted molar refractivity (Wildman–Crippen MR) is 97.2 cm³/mol. The molecule has 3 aromatic rings. The number of H-pyrrole nitrogens is 1. The van der Waals surface area contributed by atoms with Crippen molar-refractivity contribution < 1.29 is 14.5 Å². The third-order valence-electron chi connectivity index (χ3n) is 4.12. The molecule has 26 heavy (non-hydrogen) atoms. The third-order valence-corrected chi connectivity index (χ3v) is 4.12. The topological polar surface area (TPSA) is 110 Å². The number of fused-ring (bicyclic) bond motifs is 1. The van der Waals surface area contributed by atoms with Gasteiger partial charge in [-0.05, 0) is 50.1 Å². The number of anilines is 1. The molecular weight excluding hydrogens is 336 g/mol. The van der Waals surface area contributed by atoms with Crippen molar-refractivity contribution in [1.82, 2.24) is 9.97 Å². The average Bonchev–Trinajstić information content (AvgIpc) is 3.01. The normalized spacial score (nSPS) is 12.0. The number of aromatic nitrogens is 2. The zero-order valence-corrected chi connectivity index (χ0v) is 14.6. The standard InChI is InChI=1S/C18H18N4O4/c1-10-4-5-13(8-11(10)2)19-18(23)26-12(3)17-20-15-7-6-14(22(24)25)9-16(15)21-17/h4-9,12H,1-3H3,(H,19,23)(H,20,21)/t12-/m0/s1. The van der Waals surface area contributed by atoms with Crippen LogP contribution in [-0.4, -0.2) is 21.0 Å². The number of non-ortho nitro benzene ring substituents is 1. The van der Waals surface area contributed by atoms with Crippen LogP contribution in [0, 0.1) is 24.0 Å². The first-order valence-corrected chi connectivity index (χ1v) is 8.02. The van der Waals surface area contributed by atoms with Crippen molar-refractivity contribution >= 4 is 28.5 Å². The van der Waals surface area contributed by atoms with Crippen LogP contribution < -0.4 is 5.32 Å². The average molecular weight is 354 g/mol. The summed E-state index contributed by atoms with van der Waals surface area (Å²) in [6, 6.07) is 9.92. The van der Waals surface area contributed by atoms with Gasteiger partial charge in [0, 0.05) is 17.8 Å². The van der Waals surface area contributed by atoms with E-state index in [-0.39, 0.29) is 5.69 Å². The van der Waals surface area contributed by atoms with Gasteiger partial charge in [-0.1, -0.05) is 6.07 Å². The fraction of sp³-hybridized carbons (Fsp3) is 0.222. The van der Waals surface area contributed by atoms with E-state index >= 15 is 0 Å². The van der Waals surface area contributed by atoms with E-state index in [4.69, 9.17) is 4.74 Å². The molecule has 3 rings (SSSR count). The maximum atomic E-state index is 12.1. The second-order valence-electron chi connectivity index (χ2n) is 6.05. The van der Waals surface area contributed by atoms with E-state index in [9.17, 15) is 14.9 Å². The maximum absolute atomic E-state index is 12.1. The van der Waals surface area contributed by atoms with Crippen molar-refractivity contribution in [3.63, 3.8) is 0 Å². The Morgan fingerprint density at radius 2 is 2.00 bits per heavy atom. The SMILES string of the molecule is Cc1ccc(NC(=O)O[C@@H](C)c2nc3cc([N+](=O)[O-])ccc3[nH]2)cc1C. The fourth-order valence-electron chi connectivity index (χ4n) is 2.50. The highest BCUT2D eigenvalue weighted by Crippen LogP contribution is 2.23. The molecule has 0 radical (unpaired) electrons. The number of amides is 1. The Morgan fingerprint density at radius 1 is 1.23 bits per heavy atom. The molecule has 0 bridgehead atoms. The number of ether oxygens (including phenoxy) is 1. The first-order valence-electron chi connectivity index (χ1n) is 8.02. The van der Waals surface area contributed by atoms with E-state index in [1.54, 1.807) is 19.1 Å². The van der Waals surface area contributed by atoms with Crippen LogP contribution in [0.5, 0.6) is 0 Å². The van der Waals surface area contributed by atoms with Crippen LogP contribution in [0.2, 0.25) is 0 Å². The molecule has 0 unspecified atom stereocenters. The third kappa shape index (κ3) is 3.64. The van der Waals surface area contributed by atoms with Crippen LogP contribution in [0.15, 0.2) is 36.4 Å². The molecular formula is C18H18N4O4. The van der Waals surface area contributed by atoms with Gasteiger partial charge in [0.15, 0.2) is 6.10 Å². The number of hydrogen-bond acceptors (Lipinski definition) is 5. The van der Waals surface area contributed by atoms with Gasteiger partial charge in [-0.25, -0.2) is 9.78 Å². The molecule has 0 aliphatic rings. The molecule has 0 saturated carbocycles. The Morgan fingerprint density at radius 3 is 2.69 bits per heavy atom. The molecule has 8 heteroatoms. The van der Waals surface area contributed by atoms with Crippen LogP contribution in [0.25, 0.3) is 11.0 Å². The van der Waals surface area contributed by atoms with Crippen molar-refractivity contribution in [2.45, 2.75) is 26.9 Å². The van der Waals surface area contributed by atoms with Gasteiger partial charge < -0.3 is 9.72 Å². The van der Waals surface area contributed by atoms with Gasteiger partial charge in [0.1, 0.15) is 5.82 Å². The van der Waals surface area contributed by atoms with Crippen molar-refractivity contribution in [1.29, 1.82) is 0 Å². The minimum atomic E-state index is -0.645. The number of nitrogens with zero attached hydrogens (tertiary/aromatic N) is 2. The number of nitro groups is 1. The Balaban J connectivity index is 1.71. The van der Waals surface area contributed by atoms with Crippen molar-refractivity contribution in [3.05, 3.63) is 63.5 Å². The second kappa shape index (κ2) is 6.83. The lowest BCUT2D eigenvalue weighted by atomic mass is 10.1. The zero-order valence-electron chi connectivity index (χ0n) is 14.6. The van der Waals surface area contributed by atoms with Crippen molar-refractivity contribution in [3.8, 4) is 0 Å². The van der Waals surface area contributed by atoms with Gasteiger partial charge in [-0.3, -0.25) is 15.4 Å². The fourth-order valence-corrected chi connectivity index (χ4v) is 2.50. The van der Waals surface area contributed by atoms with Crippen LogP contribution in [0.1, 0.15) is 30.0 Å². The van der Waals surface area contributed by atoms with E-state index in [2.05, 4.69) is 15.3 Å². The highest BCUT2D eigenvalue weighted by atomic mass is 16.6. The van der Waals surface area contributed by atoms with Gasteiger partial charge >= 0.3 is 6.09 Å². The lowest BCUT2D eigenvalue weighted by molar-refractivity contribution is -0.384. The molecule has 0 fully saturated rings. The molecule has 0 aliphatic carbocycles. The largest absolute Gasteiger partial charge is 0.438 e. The maximum Gasteiger partial charge on any atom is 0.412 e. The van der Waals surface area contributed by atoms with E-state index < -0.39 is 17.1 Å². The summed E-state index contributed by atoms with van der Waals surface area (Å²) in [4.78, 5) is 29.7. The molecule has 0 saturated heterocycles. The zero-order chi connectivity index (χ0) is 18.8. The van der Waals surface area contributed by atoms with Crippen LogP contribution in [-0.2, 0) is 4.74 Å². The van der Waals surface area contributed by atoms with Gasteiger partial charge in [0.05, 0.1) is 16.0 Å². The Hall–Kier alpha value is -3.42. The number of carbonyl (C=O) groups excluding carboxylic acids is 1. The smallest absolute Gasteiger partial charge is 0.412 e. The number of rotatable bonds is 4. The summed E-state index contributed by atoms with van der Waals surface area (Å²) in [5.41, 5.74) is 3.88. The van der Waals surface area contributed by atoms with Crippen LogP contribution in [0.4, 0.5) is 16.2 Å². The molecule has 1 heterocycles. The van der Waals surface area contributed by atoms with Gasteiger partial charge in [-0.2, -0.15) is 0 Å². The van der Waals surface area contributed by atoms with Crippen molar-refractivity contribution in [2.75, 3.05) is 5.32 Å². The number of aromatic amines is 1. The molecule has 2 aromatic carbocycles. The van der Waals surface area contributed by atoms with Crippen LogP contribution in [0.3, 0.4) is 0 Å². The molecule has 0 aliphatic heterocycles. The number of nitro benzene ring substituents is 1. The number of aryl methyl sites for hydroxylation is 2. The second-order valence-corrected chi connectivity index (χ2v) is 6.05. The van der Waals surface area contributed by atoms with Gasteiger partial charge in [0.2, 0.25) is 0 Å². The van der Waals surface area contributed by atoms with E-state index in [1.807, 2.05) is 26.0 Å². The molecule has 134 valence electrons. The highest BCUT2D eigenvalue weighted by Gasteiger charge is 2.17. The highest BCUT2D eigenvalue weighted by molar-refractivity contribution is 5.85.